The summed E-state index contributed by atoms with van der Waals surface area (Å²) < 4.78 is 10.3. The number of hydrogen-bond donors (Lipinski definition) is 2. The van der Waals surface area contributed by atoms with Crippen LogP contribution < -0.4 is 15.4 Å². The number of benzene rings is 2. The van der Waals surface area contributed by atoms with E-state index >= 15 is 0 Å². The largest absolute Gasteiger partial charge is 0.497 e. The SMILES string of the molecule is COc1ccc(CCNC(=O)c2ccc(NC(=O)OC(C)(C)C)cc2)cc1. The molecular weight excluding hydrogens is 344 g/mol. The normalized spacial score (nSPS) is 10.8. The Hall–Kier alpha value is -3.02. The van der Waals surface area contributed by atoms with Crippen molar-refractivity contribution in [3.63, 3.8) is 0 Å². The zero-order valence-electron chi connectivity index (χ0n) is 16.2. The lowest BCUT2D eigenvalue weighted by Gasteiger charge is -2.19. The van der Waals surface area contributed by atoms with E-state index < -0.39 is 11.7 Å². The minimum Gasteiger partial charge on any atom is -0.497 e. The third kappa shape index (κ3) is 7.01. The van der Waals surface area contributed by atoms with Crippen molar-refractivity contribution in [3.8, 4) is 5.75 Å². The zero-order chi connectivity index (χ0) is 19.9. The van der Waals surface area contributed by atoms with Crippen molar-refractivity contribution in [2.45, 2.75) is 32.8 Å². The number of anilines is 1. The summed E-state index contributed by atoms with van der Waals surface area (Å²) in [5, 5.41) is 5.52. The van der Waals surface area contributed by atoms with Gasteiger partial charge in [-0.2, -0.15) is 0 Å². The van der Waals surface area contributed by atoms with Crippen LogP contribution in [0.15, 0.2) is 48.5 Å². The maximum atomic E-state index is 12.2. The highest BCUT2D eigenvalue weighted by molar-refractivity contribution is 5.95. The van der Waals surface area contributed by atoms with Crippen molar-refractivity contribution in [2.24, 2.45) is 0 Å². The molecule has 0 saturated heterocycles. The summed E-state index contributed by atoms with van der Waals surface area (Å²) in [6, 6.07) is 14.4. The topological polar surface area (TPSA) is 76.7 Å². The van der Waals surface area contributed by atoms with Crippen molar-refractivity contribution in [3.05, 3.63) is 59.7 Å². The van der Waals surface area contributed by atoms with Crippen LogP contribution in [0.3, 0.4) is 0 Å². The molecule has 2 aromatic rings. The van der Waals surface area contributed by atoms with E-state index in [4.69, 9.17) is 9.47 Å². The van der Waals surface area contributed by atoms with Gasteiger partial charge in [-0.05, 0) is 69.2 Å². The summed E-state index contributed by atoms with van der Waals surface area (Å²) in [6.45, 7) is 5.92. The maximum absolute atomic E-state index is 12.2. The number of rotatable bonds is 6. The quantitative estimate of drug-likeness (QED) is 0.805. The van der Waals surface area contributed by atoms with Gasteiger partial charge in [-0.15, -0.1) is 0 Å². The number of nitrogens with one attached hydrogen (secondary N) is 2. The summed E-state index contributed by atoms with van der Waals surface area (Å²) in [7, 11) is 1.63. The molecule has 0 fully saturated rings. The Morgan fingerprint density at radius 2 is 1.59 bits per heavy atom. The third-order valence-electron chi connectivity index (χ3n) is 3.65. The van der Waals surface area contributed by atoms with E-state index in [1.807, 2.05) is 24.3 Å². The predicted molar refractivity (Wildman–Crippen MR) is 105 cm³/mol. The van der Waals surface area contributed by atoms with Crippen LogP contribution in [-0.4, -0.2) is 31.3 Å². The fourth-order valence-corrected chi connectivity index (χ4v) is 2.34. The van der Waals surface area contributed by atoms with E-state index in [9.17, 15) is 9.59 Å². The lowest BCUT2D eigenvalue weighted by molar-refractivity contribution is 0.0635. The van der Waals surface area contributed by atoms with Gasteiger partial charge in [0, 0.05) is 17.8 Å². The molecule has 144 valence electrons. The van der Waals surface area contributed by atoms with Gasteiger partial charge < -0.3 is 14.8 Å². The first-order chi connectivity index (χ1) is 12.8. The summed E-state index contributed by atoms with van der Waals surface area (Å²) in [4.78, 5) is 24.0. The van der Waals surface area contributed by atoms with Gasteiger partial charge >= 0.3 is 6.09 Å². The Balaban J connectivity index is 1.81. The van der Waals surface area contributed by atoms with E-state index in [-0.39, 0.29) is 5.91 Å². The highest BCUT2D eigenvalue weighted by atomic mass is 16.6. The van der Waals surface area contributed by atoms with E-state index in [1.165, 1.54) is 0 Å². The van der Waals surface area contributed by atoms with Crippen LogP contribution >= 0.6 is 0 Å². The van der Waals surface area contributed by atoms with Gasteiger partial charge in [0.25, 0.3) is 5.91 Å². The molecule has 6 heteroatoms. The second-order valence-electron chi connectivity index (χ2n) is 7.06. The highest BCUT2D eigenvalue weighted by Gasteiger charge is 2.16. The van der Waals surface area contributed by atoms with Crippen LogP contribution in [-0.2, 0) is 11.2 Å². The Labute approximate surface area is 159 Å². The molecule has 0 saturated carbocycles. The average molecular weight is 370 g/mol. The van der Waals surface area contributed by atoms with Crippen molar-refractivity contribution >= 4 is 17.7 Å². The Bertz CT molecular complexity index is 762. The van der Waals surface area contributed by atoms with E-state index in [1.54, 1.807) is 52.1 Å². The highest BCUT2D eigenvalue weighted by Crippen LogP contribution is 2.14. The number of carbonyl (C=O) groups excluding carboxylic acids is 2. The number of methoxy groups -OCH3 is 1. The molecule has 2 N–H and O–H groups in total. The van der Waals surface area contributed by atoms with Gasteiger partial charge in [0.2, 0.25) is 0 Å². The monoisotopic (exact) mass is 370 g/mol. The Morgan fingerprint density at radius 1 is 0.963 bits per heavy atom. The molecule has 2 aromatic carbocycles. The molecule has 0 spiro atoms. The molecule has 6 nitrogen and oxygen atoms in total. The van der Waals surface area contributed by atoms with Crippen molar-refractivity contribution < 1.29 is 19.1 Å². The molecule has 2 rings (SSSR count). The first-order valence-corrected chi connectivity index (χ1v) is 8.78. The summed E-state index contributed by atoms with van der Waals surface area (Å²) in [6.07, 6.45) is 0.202. The lowest BCUT2D eigenvalue weighted by Crippen LogP contribution is -2.27. The van der Waals surface area contributed by atoms with E-state index in [0.29, 0.717) is 17.8 Å². The Morgan fingerprint density at radius 3 is 2.15 bits per heavy atom. The fraction of sp³-hybridized carbons (Fsp3) is 0.333. The Kier molecular flexibility index (Phi) is 6.82. The molecule has 0 aliphatic rings. The molecule has 2 amide bonds. The number of ether oxygens (including phenoxy) is 2. The second-order valence-corrected chi connectivity index (χ2v) is 7.06. The maximum Gasteiger partial charge on any atom is 0.412 e. The molecule has 0 aromatic heterocycles. The van der Waals surface area contributed by atoms with Crippen LogP contribution in [0, 0.1) is 0 Å². The fourth-order valence-electron chi connectivity index (χ4n) is 2.34. The first kappa shape index (κ1) is 20.3. The minimum atomic E-state index is -0.562. The lowest BCUT2D eigenvalue weighted by atomic mass is 10.1. The zero-order valence-corrected chi connectivity index (χ0v) is 16.2. The molecule has 0 radical (unpaired) electrons. The molecule has 0 atom stereocenters. The average Bonchev–Trinajstić information content (AvgIpc) is 2.61. The van der Waals surface area contributed by atoms with Crippen molar-refractivity contribution in [1.82, 2.24) is 5.32 Å². The molecule has 0 aliphatic carbocycles. The second kappa shape index (κ2) is 9.07. The molecule has 27 heavy (non-hydrogen) atoms. The van der Waals surface area contributed by atoms with Crippen LogP contribution in [0.4, 0.5) is 10.5 Å². The van der Waals surface area contributed by atoms with Crippen molar-refractivity contribution in [1.29, 1.82) is 0 Å². The summed E-state index contributed by atoms with van der Waals surface area (Å²) in [5.74, 6) is 0.648. The smallest absolute Gasteiger partial charge is 0.412 e. The van der Waals surface area contributed by atoms with E-state index in [2.05, 4.69) is 10.6 Å². The first-order valence-electron chi connectivity index (χ1n) is 8.78. The minimum absolute atomic E-state index is 0.160. The standard InChI is InChI=1S/C21H26N2O4/c1-21(2,3)27-20(25)23-17-9-7-16(8-10-17)19(24)22-14-13-15-5-11-18(26-4)12-6-15/h5-12H,13-14H2,1-4H3,(H,22,24)(H,23,25). The van der Waals surface area contributed by atoms with E-state index in [0.717, 1.165) is 17.7 Å². The van der Waals surface area contributed by atoms with Crippen LogP contribution in [0.5, 0.6) is 5.75 Å². The van der Waals surface area contributed by atoms with Crippen LogP contribution in [0.25, 0.3) is 0 Å². The van der Waals surface area contributed by atoms with Crippen molar-refractivity contribution in [2.75, 3.05) is 19.0 Å². The third-order valence-corrected chi connectivity index (χ3v) is 3.65. The number of amides is 2. The van der Waals surface area contributed by atoms with Gasteiger partial charge in [-0.1, -0.05) is 12.1 Å². The van der Waals surface area contributed by atoms with Gasteiger partial charge in [0.05, 0.1) is 7.11 Å². The van der Waals surface area contributed by atoms with Gasteiger partial charge in [-0.3, -0.25) is 10.1 Å². The molecule has 0 bridgehead atoms. The number of carbonyl (C=O) groups is 2. The molecule has 0 aliphatic heterocycles. The van der Waals surface area contributed by atoms with Gasteiger partial charge in [0.15, 0.2) is 0 Å². The summed E-state index contributed by atoms with van der Waals surface area (Å²) >= 11 is 0. The summed E-state index contributed by atoms with van der Waals surface area (Å²) in [5.41, 5.74) is 1.65. The number of hydrogen-bond acceptors (Lipinski definition) is 4. The molecule has 0 unspecified atom stereocenters. The van der Waals surface area contributed by atoms with Gasteiger partial charge in [0.1, 0.15) is 11.4 Å². The van der Waals surface area contributed by atoms with Gasteiger partial charge in [-0.25, -0.2) is 4.79 Å². The molecule has 0 heterocycles. The van der Waals surface area contributed by atoms with Crippen LogP contribution in [0.1, 0.15) is 36.7 Å². The van der Waals surface area contributed by atoms with Crippen LogP contribution in [0.2, 0.25) is 0 Å². The predicted octanol–water partition coefficient (Wildman–Crippen LogP) is 4.01. The molecular formula is C21H26N2O4.